The summed E-state index contributed by atoms with van der Waals surface area (Å²) in [6.45, 7) is 3.61. The Labute approximate surface area is 188 Å². The third-order valence-corrected chi connectivity index (χ3v) is 5.74. The van der Waals surface area contributed by atoms with Crippen molar-refractivity contribution in [3.8, 4) is 17.2 Å². The highest BCUT2D eigenvalue weighted by Gasteiger charge is 2.27. The van der Waals surface area contributed by atoms with Crippen LogP contribution in [0.15, 0.2) is 48.5 Å². The number of rotatable bonds is 7. The molecule has 2 aliphatic rings. The molecule has 8 heteroatoms. The van der Waals surface area contributed by atoms with Crippen molar-refractivity contribution in [2.75, 3.05) is 51.3 Å². The van der Waals surface area contributed by atoms with Gasteiger partial charge in [0.1, 0.15) is 12.4 Å². The van der Waals surface area contributed by atoms with E-state index in [1.807, 2.05) is 47.4 Å². The Morgan fingerprint density at radius 3 is 2.47 bits per heavy atom. The summed E-state index contributed by atoms with van der Waals surface area (Å²) in [5.74, 6) is 1.96. The Kier molecular flexibility index (Phi) is 6.99. The molecule has 4 rings (SSSR count). The summed E-state index contributed by atoms with van der Waals surface area (Å²) in [6, 6.07) is 15.3. The fourth-order valence-electron chi connectivity index (χ4n) is 3.88. The SMILES string of the molecule is COc1ccc(N2CCN(C(=O)CCCNC(=O)[C@H]3COc4ccccc4O3)CC2)cc1. The number of carbonyl (C=O) groups excluding carboxylic acids is 2. The molecular weight excluding hydrogens is 410 g/mol. The lowest BCUT2D eigenvalue weighted by Crippen LogP contribution is -2.49. The van der Waals surface area contributed by atoms with Crippen LogP contribution in [-0.4, -0.2) is 69.3 Å². The lowest BCUT2D eigenvalue weighted by molar-refractivity contribution is -0.132. The van der Waals surface area contributed by atoms with E-state index in [0.717, 1.165) is 24.5 Å². The normalized spacial score (nSPS) is 17.6. The number of nitrogens with zero attached hydrogens (tertiary/aromatic N) is 2. The van der Waals surface area contributed by atoms with E-state index in [0.29, 0.717) is 44.0 Å². The average molecular weight is 440 g/mol. The summed E-state index contributed by atoms with van der Waals surface area (Å²) in [6.07, 6.45) is 0.327. The van der Waals surface area contributed by atoms with Gasteiger partial charge < -0.3 is 29.3 Å². The second-order valence-corrected chi connectivity index (χ2v) is 7.82. The van der Waals surface area contributed by atoms with Gasteiger partial charge in [0.15, 0.2) is 11.5 Å². The number of hydrogen-bond acceptors (Lipinski definition) is 6. The molecule has 170 valence electrons. The molecule has 0 unspecified atom stereocenters. The van der Waals surface area contributed by atoms with Gasteiger partial charge in [0.05, 0.1) is 7.11 Å². The zero-order valence-electron chi connectivity index (χ0n) is 18.3. The molecule has 0 aliphatic carbocycles. The maximum absolute atomic E-state index is 12.5. The van der Waals surface area contributed by atoms with Gasteiger partial charge in [-0.05, 0) is 42.8 Å². The molecule has 1 saturated heterocycles. The number of amides is 2. The number of nitrogens with one attached hydrogen (secondary N) is 1. The van der Waals surface area contributed by atoms with Crippen LogP contribution >= 0.6 is 0 Å². The lowest BCUT2D eigenvalue weighted by Gasteiger charge is -2.36. The van der Waals surface area contributed by atoms with Gasteiger partial charge in [-0.1, -0.05) is 12.1 Å². The second-order valence-electron chi connectivity index (χ2n) is 7.82. The summed E-state index contributed by atoms with van der Waals surface area (Å²) < 4.78 is 16.5. The van der Waals surface area contributed by atoms with E-state index in [-0.39, 0.29) is 18.4 Å². The number of piperazine rings is 1. The molecule has 1 fully saturated rings. The number of carbonyl (C=O) groups is 2. The van der Waals surface area contributed by atoms with Gasteiger partial charge >= 0.3 is 0 Å². The molecule has 1 atom stereocenters. The van der Waals surface area contributed by atoms with Crippen LogP contribution in [0.2, 0.25) is 0 Å². The Balaban J connectivity index is 1.14. The predicted molar refractivity (Wildman–Crippen MR) is 120 cm³/mol. The molecular formula is C24H29N3O5. The summed E-state index contributed by atoms with van der Waals surface area (Å²) in [7, 11) is 1.65. The monoisotopic (exact) mass is 439 g/mol. The van der Waals surface area contributed by atoms with Gasteiger partial charge in [-0.2, -0.15) is 0 Å². The molecule has 2 aromatic carbocycles. The van der Waals surface area contributed by atoms with Gasteiger partial charge in [-0.15, -0.1) is 0 Å². The molecule has 0 saturated carbocycles. The third kappa shape index (κ3) is 5.25. The van der Waals surface area contributed by atoms with Crippen LogP contribution in [0.3, 0.4) is 0 Å². The average Bonchev–Trinajstić information content (AvgIpc) is 2.86. The van der Waals surface area contributed by atoms with Crippen LogP contribution in [-0.2, 0) is 9.59 Å². The van der Waals surface area contributed by atoms with Gasteiger partial charge in [0, 0.05) is 44.8 Å². The number of benzene rings is 2. The van der Waals surface area contributed by atoms with Crippen molar-refractivity contribution in [3.05, 3.63) is 48.5 Å². The minimum atomic E-state index is -0.674. The summed E-state index contributed by atoms with van der Waals surface area (Å²) in [5.41, 5.74) is 1.14. The van der Waals surface area contributed by atoms with Crippen molar-refractivity contribution < 1.29 is 23.8 Å². The summed E-state index contributed by atoms with van der Waals surface area (Å²) in [4.78, 5) is 29.1. The van der Waals surface area contributed by atoms with Gasteiger partial charge in [0.25, 0.3) is 5.91 Å². The van der Waals surface area contributed by atoms with Gasteiger partial charge in [0.2, 0.25) is 12.0 Å². The molecule has 0 aromatic heterocycles. The fourth-order valence-corrected chi connectivity index (χ4v) is 3.88. The third-order valence-electron chi connectivity index (χ3n) is 5.74. The first-order valence-corrected chi connectivity index (χ1v) is 11.0. The predicted octanol–water partition coefficient (Wildman–Crippen LogP) is 2.08. The Bertz CT molecular complexity index is 925. The summed E-state index contributed by atoms with van der Waals surface area (Å²) in [5, 5.41) is 2.85. The minimum Gasteiger partial charge on any atom is -0.497 e. The molecule has 32 heavy (non-hydrogen) atoms. The molecule has 2 aromatic rings. The highest BCUT2D eigenvalue weighted by Crippen LogP contribution is 2.30. The molecule has 0 spiro atoms. The van der Waals surface area contributed by atoms with Gasteiger partial charge in [-0.3, -0.25) is 9.59 Å². The lowest BCUT2D eigenvalue weighted by atomic mass is 10.2. The molecule has 2 amide bonds. The molecule has 1 N–H and O–H groups in total. The van der Waals surface area contributed by atoms with E-state index in [1.54, 1.807) is 13.2 Å². The highest BCUT2D eigenvalue weighted by atomic mass is 16.6. The van der Waals surface area contributed by atoms with Crippen molar-refractivity contribution in [2.24, 2.45) is 0 Å². The standard InChI is InChI=1S/C24H29N3O5/c1-30-19-10-8-18(9-11-19)26-13-15-27(16-14-26)23(28)7-4-12-25-24(29)22-17-31-20-5-2-3-6-21(20)32-22/h2-3,5-6,8-11,22H,4,7,12-17H2,1H3,(H,25,29)/t22-/m1/s1. The zero-order chi connectivity index (χ0) is 22.3. The van der Waals surface area contributed by atoms with Crippen LogP contribution < -0.4 is 24.4 Å². The number of ether oxygens (including phenoxy) is 3. The van der Waals surface area contributed by atoms with Crippen molar-refractivity contribution in [1.29, 1.82) is 0 Å². The van der Waals surface area contributed by atoms with Crippen LogP contribution in [0.1, 0.15) is 12.8 Å². The molecule has 0 bridgehead atoms. The van der Waals surface area contributed by atoms with Crippen molar-refractivity contribution in [2.45, 2.75) is 18.9 Å². The summed E-state index contributed by atoms with van der Waals surface area (Å²) >= 11 is 0. The number of para-hydroxylation sites is 2. The fraction of sp³-hybridized carbons (Fsp3) is 0.417. The Hall–Kier alpha value is -3.42. The first kappa shape index (κ1) is 21.8. The number of methoxy groups -OCH3 is 1. The van der Waals surface area contributed by atoms with Gasteiger partial charge in [-0.25, -0.2) is 0 Å². The Morgan fingerprint density at radius 2 is 1.75 bits per heavy atom. The number of anilines is 1. The zero-order valence-corrected chi connectivity index (χ0v) is 18.3. The number of fused-ring (bicyclic) bond motifs is 1. The van der Waals surface area contributed by atoms with E-state index < -0.39 is 6.10 Å². The van der Waals surface area contributed by atoms with E-state index in [2.05, 4.69) is 10.2 Å². The molecule has 0 radical (unpaired) electrons. The largest absolute Gasteiger partial charge is 0.497 e. The van der Waals surface area contributed by atoms with Crippen LogP contribution in [0.5, 0.6) is 17.2 Å². The smallest absolute Gasteiger partial charge is 0.264 e. The van der Waals surface area contributed by atoms with Crippen LogP contribution in [0.25, 0.3) is 0 Å². The van der Waals surface area contributed by atoms with Crippen LogP contribution in [0, 0.1) is 0 Å². The van der Waals surface area contributed by atoms with E-state index in [1.165, 1.54) is 0 Å². The maximum Gasteiger partial charge on any atom is 0.264 e. The van der Waals surface area contributed by atoms with Crippen LogP contribution in [0.4, 0.5) is 5.69 Å². The Morgan fingerprint density at radius 1 is 1.03 bits per heavy atom. The first-order chi connectivity index (χ1) is 15.6. The van der Waals surface area contributed by atoms with E-state index >= 15 is 0 Å². The molecule has 8 nitrogen and oxygen atoms in total. The van der Waals surface area contributed by atoms with Crippen molar-refractivity contribution >= 4 is 17.5 Å². The quantitative estimate of drug-likeness (QED) is 0.666. The second kappa shape index (κ2) is 10.3. The van der Waals surface area contributed by atoms with E-state index in [4.69, 9.17) is 14.2 Å². The highest BCUT2D eigenvalue weighted by molar-refractivity contribution is 5.82. The molecule has 2 aliphatic heterocycles. The topological polar surface area (TPSA) is 80.3 Å². The van der Waals surface area contributed by atoms with Crippen molar-refractivity contribution in [3.63, 3.8) is 0 Å². The number of hydrogen-bond donors (Lipinski definition) is 1. The molecule has 2 heterocycles. The first-order valence-electron chi connectivity index (χ1n) is 11.0. The van der Waals surface area contributed by atoms with E-state index in [9.17, 15) is 9.59 Å². The maximum atomic E-state index is 12.5. The minimum absolute atomic E-state index is 0.125. The van der Waals surface area contributed by atoms with Crippen molar-refractivity contribution in [1.82, 2.24) is 10.2 Å².